The van der Waals surface area contributed by atoms with Crippen molar-refractivity contribution >= 4 is 23.5 Å². The Morgan fingerprint density at radius 3 is 2.67 bits per heavy atom. The first-order valence-electron chi connectivity index (χ1n) is 3.33. The molecule has 0 saturated carbocycles. The summed E-state index contributed by atoms with van der Waals surface area (Å²) in [5, 5.41) is 0. The molecule has 1 aromatic carbocycles. The molecule has 0 aliphatic heterocycles. The zero-order chi connectivity index (χ0) is 7.84. The number of aryl methyl sites for hydroxylation is 1. The van der Waals surface area contributed by atoms with Crippen LogP contribution in [0.25, 0.3) is 11.1 Å². The molecule has 0 unspecified atom stereocenters. The van der Waals surface area contributed by atoms with Crippen LogP contribution in [0.15, 0.2) is 33.5 Å². The van der Waals surface area contributed by atoms with Gasteiger partial charge in [0.05, 0.1) is 5.52 Å². The van der Waals surface area contributed by atoms with Crippen LogP contribution in [-0.2, 0) is 7.05 Å². The zero-order valence-corrected chi connectivity index (χ0v) is 7.30. The smallest absolute Gasteiger partial charge is 0.408 e. The highest BCUT2D eigenvalue weighted by Gasteiger charge is 2.01. The van der Waals surface area contributed by atoms with Crippen molar-refractivity contribution in [3.63, 3.8) is 0 Å². The fourth-order valence-corrected chi connectivity index (χ4v) is 1.08. The van der Waals surface area contributed by atoms with E-state index in [2.05, 4.69) is 0 Å². The normalized spacial score (nSPS) is 9.75. The van der Waals surface area contributed by atoms with E-state index in [9.17, 15) is 4.79 Å². The Morgan fingerprint density at radius 2 is 2.00 bits per heavy atom. The Labute approximate surface area is 75.0 Å². The Morgan fingerprint density at radius 1 is 1.33 bits per heavy atom. The van der Waals surface area contributed by atoms with Gasteiger partial charge in [-0.05, 0) is 12.1 Å². The van der Waals surface area contributed by atoms with Gasteiger partial charge in [0.15, 0.2) is 5.58 Å². The van der Waals surface area contributed by atoms with Gasteiger partial charge in [-0.25, -0.2) is 4.79 Å². The second-order valence-corrected chi connectivity index (χ2v) is 2.39. The SMILES string of the molecule is Cl.Cn1c(=O)oc2ccccc21. The van der Waals surface area contributed by atoms with Crippen LogP contribution in [0.2, 0.25) is 0 Å². The van der Waals surface area contributed by atoms with Gasteiger partial charge in [-0.15, -0.1) is 12.4 Å². The molecule has 64 valence electrons. The van der Waals surface area contributed by atoms with E-state index in [1.165, 1.54) is 4.57 Å². The summed E-state index contributed by atoms with van der Waals surface area (Å²) in [5.41, 5.74) is 1.47. The lowest BCUT2D eigenvalue weighted by Crippen LogP contribution is -2.08. The molecule has 12 heavy (non-hydrogen) atoms. The summed E-state index contributed by atoms with van der Waals surface area (Å²) in [4.78, 5) is 10.9. The highest BCUT2D eigenvalue weighted by Crippen LogP contribution is 2.09. The fourth-order valence-electron chi connectivity index (χ4n) is 1.08. The van der Waals surface area contributed by atoms with Crippen LogP contribution < -0.4 is 5.76 Å². The van der Waals surface area contributed by atoms with Crippen LogP contribution >= 0.6 is 12.4 Å². The van der Waals surface area contributed by atoms with Crippen molar-refractivity contribution in [3.05, 3.63) is 34.8 Å². The van der Waals surface area contributed by atoms with Gasteiger partial charge in [-0.3, -0.25) is 4.57 Å². The predicted octanol–water partition coefficient (Wildman–Crippen LogP) is 1.55. The third kappa shape index (κ3) is 1.12. The number of halogens is 1. The zero-order valence-electron chi connectivity index (χ0n) is 6.48. The number of aromatic nitrogens is 1. The largest absolute Gasteiger partial charge is 0.419 e. The van der Waals surface area contributed by atoms with E-state index in [4.69, 9.17) is 4.42 Å². The Bertz CT molecular complexity index is 443. The lowest BCUT2D eigenvalue weighted by molar-refractivity contribution is 0.528. The van der Waals surface area contributed by atoms with Gasteiger partial charge < -0.3 is 4.42 Å². The predicted molar refractivity (Wildman–Crippen MR) is 48.7 cm³/mol. The van der Waals surface area contributed by atoms with Crippen LogP contribution in [0, 0.1) is 0 Å². The van der Waals surface area contributed by atoms with E-state index < -0.39 is 0 Å². The van der Waals surface area contributed by atoms with Gasteiger partial charge in [0.25, 0.3) is 0 Å². The van der Waals surface area contributed by atoms with Gasteiger partial charge in [-0.1, -0.05) is 12.1 Å². The molecular formula is C8H8ClNO2. The standard InChI is InChI=1S/C8H7NO2.ClH/c1-9-6-4-2-3-5-7(6)11-8(9)10;/h2-5H,1H3;1H. The molecule has 2 rings (SSSR count). The Kier molecular flexibility index (Phi) is 2.24. The quantitative estimate of drug-likeness (QED) is 0.624. The molecule has 0 amide bonds. The summed E-state index contributed by atoms with van der Waals surface area (Å²) in [6.45, 7) is 0. The fraction of sp³-hybridized carbons (Fsp3) is 0.125. The minimum Gasteiger partial charge on any atom is -0.408 e. The van der Waals surface area contributed by atoms with Crippen LogP contribution in [0.5, 0.6) is 0 Å². The Hall–Kier alpha value is -1.22. The third-order valence-corrected chi connectivity index (χ3v) is 1.70. The van der Waals surface area contributed by atoms with Crippen LogP contribution in [-0.4, -0.2) is 4.57 Å². The minimum atomic E-state index is -0.314. The molecule has 4 heteroatoms. The lowest BCUT2D eigenvalue weighted by atomic mass is 10.3. The highest BCUT2D eigenvalue weighted by atomic mass is 35.5. The number of fused-ring (bicyclic) bond motifs is 1. The van der Waals surface area contributed by atoms with Crippen LogP contribution in [0.1, 0.15) is 0 Å². The summed E-state index contributed by atoms with van der Waals surface area (Å²) in [6.07, 6.45) is 0. The number of hydrogen-bond donors (Lipinski definition) is 0. The molecule has 2 aromatic rings. The first-order valence-corrected chi connectivity index (χ1v) is 3.33. The first kappa shape index (κ1) is 8.87. The van der Waals surface area contributed by atoms with Gasteiger partial charge in [0.2, 0.25) is 0 Å². The second-order valence-electron chi connectivity index (χ2n) is 2.39. The molecule has 0 atom stereocenters. The summed E-state index contributed by atoms with van der Waals surface area (Å²) < 4.78 is 6.39. The van der Waals surface area contributed by atoms with E-state index >= 15 is 0 Å². The van der Waals surface area contributed by atoms with Crippen molar-refractivity contribution in [2.45, 2.75) is 0 Å². The first-order chi connectivity index (χ1) is 5.29. The number of oxazole rings is 1. The third-order valence-electron chi connectivity index (χ3n) is 1.70. The second kappa shape index (κ2) is 3.03. The maximum absolute atomic E-state index is 10.9. The molecule has 0 saturated heterocycles. The molecule has 0 aliphatic rings. The van der Waals surface area contributed by atoms with E-state index in [0.717, 1.165) is 5.52 Å². The van der Waals surface area contributed by atoms with E-state index in [1.807, 2.05) is 18.2 Å². The topological polar surface area (TPSA) is 35.1 Å². The van der Waals surface area contributed by atoms with Crippen molar-refractivity contribution < 1.29 is 4.42 Å². The summed E-state index contributed by atoms with van der Waals surface area (Å²) in [6, 6.07) is 7.33. The van der Waals surface area contributed by atoms with Gasteiger partial charge >= 0.3 is 5.76 Å². The molecule has 0 N–H and O–H groups in total. The van der Waals surface area contributed by atoms with E-state index in [1.54, 1.807) is 13.1 Å². The molecule has 0 bridgehead atoms. The molecule has 1 heterocycles. The number of nitrogens with zero attached hydrogens (tertiary/aromatic N) is 1. The van der Waals surface area contributed by atoms with Crippen LogP contribution in [0.3, 0.4) is 0 Å². The molecule has 0 radical (unpaired) electrons. The maximum Gasteiger partial charge on any atom is 0.419 e. The van der Waals surface area contributed by atoms with E-state index in [0.29, 0.717) is 5.58 Å². The number of rotatable bonds is 0. The van der Waals surface area contributed by atoms with Gasteiger partial charge in [-0.2, -0.15) is 0 Å². The van der Waals surface area contributed by atoms with Crippen LogP contribution in [0.4, 0.5) is 0 Å². The van der Waals surface area contributed by atoms with Crippen molar-refractivity contribution in [1.29, 1.82) is 0 Å². The summed E-state index contributed by atoms with van der Waals surface area (Å²) in [5.74, 6) is -0.314. The average molecular weight is 186 g/mol. The monoisotopic (exact) mass is 185 g/mol. The summed E-state index contributed by atoms with van der Waals surface area (Å²) >= 11 is 0. The Balaban J connectivity index is 0.000000720. The minimum absolute atomic E-state index is 0. The number of benzene rings is 1. The van der Waals surface area contributed by atoms with Gasteiger partial charge in [0.1, 0.15) is 0 Å². The van der Waals surface area contributed by atoms with Crippen molar-refractivity contribution in [1.82, 2.24) is 4.57 Å². The molecule has 0 fully saturated rings. The molecular weight excluding hydrogens is 178 g/mol. The average Bonchev–Trinajstić information content (AvgIpc) is 2.30. The molecule has 1 aromatic heterocycles. The molecule has 0 aliphatic carbocycles. The summed E-state index contributed by atoms with van der Waals surface area (Å²) in [7, 11) is 1.69. The van der Waals surface area contributed by atoms with Crippen molar-refractivity contribution in [2.24, 2.45) is 7.05 Å². The highest BCUT2D eigenvalue weighted by molar-refractivity contribution is 5.85. The van der Waals surface area contributed by atoms with E-state index in [-0.39, 0.29) is 18.2 Å². The maximum atomic E-state index is 10.9. The van der Waals surface area contributed by atoms with Gasteiger partial charge in [0, 0.05) is 7.05 Å². The molecule has 0 spiro atoms. The lowest BCUT2D eigenvalue weighted by Gasteiger charge is -1.87. The molecule has 3 nitrogen and oxygen atoms in total. The number of hydrogen-bond acceptors (Lipinski definition) is 2. The number of para-hydroxylation sites is 2. The van der Waals surface area contributed by atoms with Crippen molar-refractivity contribution in [2.75, 3.05) is 0 Å². The van der Waals surface area contributed by atoms with Crippen molar-refractivity contribution in [3.8, 4) is 0 Å².